The van der Waals surface area contributed by atoms with Gasteiger partial charge in [-0.25, -0.2) is 4.79 Å². The minimum absolute atomic E-state index is 0.401. The highest BCUT2D eigenvalue weighted by Gasteiger charge is 2.51. The quantitative estimate of drug-likeness (QED) is 0.848. The first kappa shape index (κ1) is 16.3. The minimum Gasteiger partial charge on any atom is -0.480 e. The molecule has 0 spiro atoms. The molecule has 4 nitrogen and oxygen atoms in total. The number of carboxylic acid groups (broad SMARTS) is 1. The van der Waals surface area contributed by atoms with Crippen LogP contribution in [0.2, 0.25) is 0 Å². The molecule has 1 fully saturated rings. The van der Waals surface area contributed by atoms with Crippen LogP contribution >= 0.6 is 0 Å². The van der Waals surface area contributed by atoms with Crippen molar-refractivity contribution in [1.29, 1.82) is 0 Å². The summed E-state index contributed by atoms with van der Waals surface area (Å²) in [6.45, 7) is 0. The molecule has 0 aromatic heterocycles. The first-order valence-electron chi connectivity index (χ1n) is 6.86. The average molecular weight is 315 g/mol. The standard InChI is InChI=1S/C15H16F3NO3/c16-15(17,18)9-11(12(20)21)19-13(22)14(6-7-14)8-10-4-2-1-3-5-10/h1-5,11H,6-9H2,(H,19,22)(H,20,21). The highest BCUT2D eigenvalue weighted by Crippen LogP contribution is 2.48. The lowest BCUT2D eigenvalue weighted by Gasteiger charge is -2.20. The molecule has 0 aliphatic heterocycles. The Bertz CT molecular complexity index is 553. The van der Waals surface area contributed by atoms with Crippen molar-refractivity contribution in [3.63, 3.8) is 0 Å². The molecule has 0 saturated heterocycles. The van der Waals surface area contributed by atoms with Gasteiger partial charge in [0.2, 0.25) is 5.91 Å². The number of halogens is 3. The van der Waals surface area contributed by atoms with Gasteiger partial charge in [0.1, 0.15) is 6.04 Å². The summed E-state index contributed by atoms with van der Waals surface area (Å²) in [6.07, 6.45) is -4.72. The number of carbonyl (C=O) groups excluding carboxylic acids is 1. The van der Waals surface area contributed by atoms with Gasteiger partial charge < -0.3 is 10.4 Å². The van der Waals surface area contributed by atoms with Crippen molar-refractivity contribution in [1.82, 2.24) is 5.32 Å². The van der Waals surface area contributed by atoms with Crippen molar-refractivity contribution in [3.8, 4) is 0 Å². The molecule has 2 rings (SSSR count). The number of alkyl halides is 3. The first-order valence-corrected chi connectivity index (χ1v) is 6.86. The molecule has 22 heavy (non-hydrogen) atoms. The largest absolute Gasteiger partial charge is 0.480 e. The van der Waals surface area contributed by atoms with Crippen LogP contribution < -0.4 is 5.32 Å². The zero-order valence-corrected chi connectivity index (χ0v) is 11.7. The van der Waals surface area contributed by atoms with Crippen molar-refractivity contribution in [2.45, 2.75) is 37.9 Å². The third-order valence-corrected chi connectivity index (χ3v) is 3.76. The van der Waals surface area contributed by atoms with Crippen LogP contribution in [0.5, 0.6) is 0 Å². The molecule has 2 N–H and O–H groups in total. The third-order valence-electron chi connectivity index (χ3n) is 3.76. The fourth-order valence-electron chi connectivity index (χ4n) is 2.36. The van der Waals surface area contributed by atoms with Crippen LogP contribution in [0.1, 0.15) is 24.8 Å². The summed E-state index contributed by atoms with van der Waals surface area (Å²) in [5.74, 6) is -2.30. The van der Waals surface area contributed by atoms with Crippen molar-refractivity contribution < 1.29 is 27.9 Å². The number of rotatable bonds is 6. The molecule has 1 amide bonds. The van der Waals surface area contributed by atoms with E-state index >= 15 is 0 Å². The molecule has 1 atom stereocenters. The number of benzene rings is 1. The number of carbonyl (C=O) groups is 2. The summed E-state index contributed by atoms with van der Waals surface area (Å²) in [5, 5.41) is 10.9. The number of hydrogen-bond acceptors (Lipinski definition) is 2. The van der Waals surface area contributed by atoms with Gasteiger partial charge in [-0.2, -0.15) is 13.2 Å². The monoisotopic (exact) mass is 315 g/mol. The average Bonchev–Trinajstić information content (AvgIpc) is 3.18. The van der Waals surface area contributed by atoms with Crippen molar-refractivity contribution in [2.75, 3.05) is 0 Å². The second-order valence-electron chi connectivity index (χ2n) is 5.63. The van der Waals surface area contributed by atoms with E-state index < -0.39 is 35.9 Å². The topological polar surface area (TPSA) is 66.4 Å². The van der Waals surface area contributed by atoms with Crippen LogP contribution in [0.4, 0.5) is 13.2 Å². The summed E-state index contributed by atoms with van der Waals surface area (Å²) >= 11 is 0. The molecule has 1 aliphatic carbocycles. The maximum atomic E-state index is 12.4. The molecule has 1 unspecified atom stereocenters. The number of nitrogens with one attached hydrogen (secondary N) is 1. The van der Waals surface area contributed by atoms with Gasteiger partial charge in [-0.15, -0.1) is 0 Å². The molecule has 1 aromatic carbocycles. The molecule has 7 heteroatoms. The second kappa shape index (κ2) is 5.98. The smallest absolute Gasteiger partial charge is 0.391 e. The summed E-state index contributed by atoms with van der Waals surface area (Å²) in [7, 11) is 0. The Morgan fingerprint density at radius 1 is 1.23 bits per heavy atom. The number of aliphatic carboxylic acids is 1. The number of hydrogen-bond donors (Lipinski definition) is 2. The van der Waals surface area contributed by atoms with E-state index in [0.29, 0.717) is 19.3 Å². The van der Waals surface area contributed by atoms with E-state index in [1.807, 2.05) is 35.6 Å². The number of amides is 1. The van der Waals surface area contributed by atoms with Crippen LogP contribution in [0.15, 0.2) is 30.3 Å². The normalized spacial score (nSPS) is 17.6. The van der Waals surface area contributed by atoms with Gasteiger partial charge in [0.25, 0.3) is 0 Å². The molecule has 1 saturated carbocycles. The molecule has 1 aromatic rings. The fraction of sp³-hybridized carbons (Fsp3) is 0.467. The fourth-order valence-corrected chi connectivity index (χ4v) is 2.36. The van der Waals surface area contributed by atoms with Crippen LogP contribution in [0.3, 0.4) is 0 Å². The van der Waals surface area contributed by atoms with Gasteiger partial charge in [0.15, 0.2) is 0 Å². The minimum atomic E-state index is -4.65. The predicted octanol–water partition coefficient (Wildman–Crippen LogP) is 2.53. The van der Waals surface area contributed by atoms with E-state index in [1.54, 1.807) is 0 Å². The Morgan fingerprint density at radius 2 is 1.82 bits per heavy atom. The van der Waals surface area contributed by atoms with E-state index in [-0.39, 0.29) is 0 Å². The van der Waals surface area contributed by atoms with Crippen LogP contribution in [-0.2, 0) is 16.0 Å². The van der Waals surface area contributed by atoms with E-state index in [9.17, 15) is 22.8 Å². The second-order valence-corrected chi connectivity index (χ2v) is 5.63. The molecule has 0 heterocycles. The zero-order valence-electron chi connectivity index (χ0n) is 11.7. The summed E-state index contributed by atoms with van der Waals surface area (Å²) in [5.41, 5.74) is 0.124. The highest BCUT2D eigenvalue weighted by molar-refractivity contribution is 5.89. The number of carboxylic acids is 1. The van der Waals surface area contributed by atoms with Crippen molar-refractivity contribution in [2.24, 2.45) is 5.41 Å². The third kappa shape index (κ3) is 4.22. The maximum absolute atomic E-state index is 12.4. The van der Waals surface area contributed by atoms with Crippen molar-refractivity contribution in [3.05, 3.63) is 35.9 Å². The summed E-state index contributed by atoms with van der Waals surface area (Å²) in [4.78, 5) is 23.1. The zero-order chi connectivity index (χ0) is 16.4. The Hall–Kier alpha value is -2.05. The van der Waals surface area contributed by atoms with E-state index in [1.165, 1.54) is 0 Å². The summed E-state index contributed by atoms with van der Waals surface area (Å²) in [6, 6.07) is 7.17. The van der Waals surface area contributed by atoms with Crippen molar-refractivity contribution >= 4 is 11.9 Å². The molecule has 0 radical (unpaired) electrons. The van der Waals surface area contributed by atoms with E-state index in [2.05, 4.69) is 0 Å². The maximum Gasteiger partial charge on any atom is 0.391 e. The lowest BCUT2D eigenvalue weighted by molar-refractivity contribution is -0.160. The van der Waals surface area contributed by atoms with Crippen LogP contribution in [0, 0.1) is 5.41 Å². The molecular formula is C15H16F3NO3. The Kier molecular flexibility index (Phi) is 4.44. The molecule has 120 valence electrons. The van der Waals surface area contributed by atoms with Gasteiger partial charge >= 0.3 is 12.1 Å². The van der Waals surface area contributed by atoms with Crippen LogP contribution in [0.25, 0.3) is 0 Å². The van der Waals surface area contributed by atoms with E-state index in [0.717, 1.165) is 5.56 Å². The summed E-state index contributed by atoms with van der Waals surface area (Å²) < 4.78 is 37.1. The first-order chi connectivity index (χ1) is 10.2. The molecule has 1 aliphatic rings. The molecular weight excluding hydrogens is 299 g/mol. The predicted molar refractivity (Wildman–Crippen MR) is 72.1 cm³/mol. The lowest BCUT2D eigenvalue weighted by Crippen LogP contribution is -2.47. The van der Waals surface area contributed by atoms with Gasteiger partial charge in [0.05, 0.1) is 11.8 Å². The molecule has 0 bridgehead atoms. The SMILES string of the molecule is O=C(O)C(CC(F)(F)F)NC(=O)C1(Cc2ccccc2)CC1. The van der Waals surface area contributed by atoms with Crippen LogP contribution in [-0.4, -0.2) is 29.2 Å². The Labute approximate surface area is 125 Å². The lowest BCUT2D eigenvalue weighted by atomic mass is 9.95. The van der Waals surface area contributed by atoms with E-state index in [4.69, 9.17) is 5.11 Å². The van der Waals surface area contributed by atoms with Gasteiger partial charge in [-0.3, -0.25) is 4.79 Å². The van der Waals surface area contributed by atoms with Gasteiger partial charge in [-0.1, -0.05) is 30.3 Å². The Balaban J connectivity index is 2.02. The highest BCUT2D eigenvalue weighted by atomic mass is 19.4. The Morgan fingerprint density at radius 3 is 2.27 bits per heavy atom. The van der Waals surface area contributed by atoms with Gasteiger partial charge in [0, 0.05) is 0 Å². The van der Waals surface area contributed by atoms with Gasteiger partial charge in [-0.05, 0) is 24.8 Å².